The maximum atomic E-state index is 12.6. The van der Waals surface area contributed by atoms with Crippen LogP contribution in [0.4, 0.5) is 0 Å². The highest BCUT2D eigenvalue weighted by Gasteiger charge is 2.33. The summed E-state index contributed by atoms with van der Waals surface area (Å²) < 4.78 is 4.69. The van der Waals surface area contributed by atoms with Crippen molar-refractivity contribution in [1.29, 1.82) is 0 Å². The molecule has 2 atom stereocenters. The van der Waals surface area contributed by atoms with Crippen molar-refractivity contribution < 1.29 is 14.3 Å². The van der Waals surface area contributed by atoms with Crippen molar-refractivity contribution >= 4 is 23.2 Å². The van der Waals surface area contributed by atoms with Gasteiger partial charge in [-0.2, -0.15) is 0 Å². The van der Waals surface area contributed by atoms with Crippen LogP contribution < -0.4 is 0 Å². The predicted octanol–water partition coefficient (Wildman–Crippen LogP) is 3.19. The molecule has 2 aliphatic rings. The Morgan fingerprint density at radius 2 is 1.86 bits per heavy atom. The maximum Gasteiger partial charge on any atom is 0.348 e. The molecular formula is C16H21NO3S. The Bertz CT molecular complexity index is 539. The number of carbonyl (C=O) groups excluding carboxylic acids is 2. The van der Waals surface area contributed by atoms with Gasteiger partial charge in [-0.15, -0.1) is 11.3 Å². The number of piperidine rings is 1. The van der Waals surface area contributed by atoms with E-state index in [0.29, 0.717) is 15.7 Å². The lowest BCUT2D eigenvalue weighted by atomic mass is 9.75. The number of thiophene rings is 1. The molecule has 1 saturated heterocycles. The summed E-state index contributed by atoms with van der Waals surface area (Å²) in [5.41, 5.74) is 0. The van der Waals surface area contributed by atoms with Crippen LogP contribution in [0, 0.1) is 11.8 Å². The number of rotatable bonds is 2. The van der Waals surface area contributed by atoms with Crippen LogP contribution in [-0.2, 0) is 4.74 Å². The lowest BCUT2D eigenvalue weighted by Crippen LogP contribution is -2.44. The first-order valence-electron chi connectivity index (χ1n) is 7.66. The van der Waals surface area contributed by atoms with Crippen LogP contribution in [0.25, 0.3) is 0 Å². The normalized spacial score (nSPS) is 25.3. The van der Waals surface area contributed by atoms with Crippen molar-refractivity contribution in [3.05, 3.63) is 21.9 Å². The number of methoxy groups -OCH3 is 1. The molecule has 1 aromatic rings. The predicted molar refractivity (Wildman–Crippen MR) is 81.6 cm³/mol. The Labute approximate surface area is 129 Å². The molecule has 1 aromatic heterocycles. The van der Waals surface area contributed by atoms with Gasteiger partial charge in [0.25, 0.3) is 5.91 Å². The van der Waals surface area contributed by atoms with Gasteiger partial charge in [0.2, 0.25) is 0 Å². The monoisotopic (exact) mass is 307 g/mol. The molecule has 0 radical (unpaired) electrons. The summed E-state index contributed by atoms with van der Waals surface area (Å²) in [6.45, 7) is 1.74. The third kappa shape index (κ3) is 2.98. The van der Waals surface area contributed by atoms with Crippen LogP contribution in [0.3, 0.4) is 0 Å². The molecule has 1 aliphatic carbocycles. The first kappa shape index (κ1) is 14.6. The molecule has 0 bridgehead atoms. The number of esters is 1. The fourth-order valence-electron chi connectivity index (χ4n) is 3.60. The lowest BCUT2D eigenvalue weighted by Gasteiger charge is -2.41. The minimum atomic E-state index is -0.370. The molecule has 0 aromatic carbocycles. The van der Waals surface area contributed by atoms with Crippen molar-refractivity contribution in [2.24, 2.45) is 11.8 Å². The molecule has 0 spiro atoms. The number of nitrogens with zero attached hydrogens (tertiary/aromatic N) is 1. The third-order valence-electron chi connectivity index (χ3n) is 4.78. The van der Waals surface area contributed by atoms with Gasteiger partial charge in [-0.1, -0.05) is 19.3 Å². The summed E-state index contributed by atoms with van der Waals surface area (Å²) in [4.78, 5) is 27.2. The summed E-state index contributed by atoms with van der Waals surface area (Å²) in [7, 11) is 1.36. The van der Waals surface area contributed by atoms with E-state index in [4.69, 9.17) is 4.74 Å². The van der Waals surface area contributed by atoms with Crippen molar-refractivity contribution in [2.45, 2.75) is 32.1 Å². The Hall–Kier alpha value is -1.36. The summed E-state index contributed by atoms with van der Waals surface area (Å²) in [6, 6.07) is 3.42. The molecule has 114 valence electrons. The molecule has 0 unspecified atom stereocenters. The van der Waals surface area contributed by atoms with Gasteiger partial charge in [0.1, 0.15) is 4.88 Å². The highest BCUT2D eigenvalue weighted by atomic mass is 32.1. The second-order valence-corrected chi connectivity index (χ2v) is 7.08. The van der Waals surface area contributed by atoms with Crippen LogP contribution in [0.5, 0.6) is 0 Å². The van der Waals surface area contributed by atoms with Crippen molar-refractivity contribution in [1.82, 2.24) is 4.90 Å². The summed E-state index contributed by atoms with van der Waals surface area (Å²) >= 11 is 1.23. The van der Waals surface area contributed by atoms with E-state index >= 15 is 0 Å². The number of likely N-dealkylation sites (tertiary alicyclic amines) is 1. The minimum Gasteiger partial charge on any atom is -0.465 e. The standard InChI is InChI=1S/C16H21NO3S/c1-20-16(19)14-7-6-13(21-14)15(18)17-9-8-11-4-2-3-5-12(11)10-17/h6-7,11-12H,2-5,8-10H2,1H3/t11-,12+/m0/s1. The van der Waals surface area contributed by atoms with Gasteiger partial charge < -0.3 is 9.64 Å². The van der Waals surface area contributed by atoms with Gasteiger partial charge in [-0.25, -0.2) is 4.79 Å². The van der Waals surface area contributed by atoms with E-state index in [1.165, 1.54) is 44.1 Å². The first-order valence-corrected chi connectivity index (χ1v) is 8.48. The van der Waals surface area contributed by atoms with Gasteiger partial charge in [0.15, 0.2) is 0 Å². The van der Waals surface area contributed by atoms with Crippen LogP contribution in [0.15, 0.2) is 12.1 Å². The molecule has 1 amide bonds. The van der Waals surface area contributed by atoms with E-state index in [2.05, 4.69) is 0 Å². The summed E-state index contributed by atoms with van der Waals surface area (Å²) in [6.07, 6.45) is 6.37. The number of carbonyl (C=O) groups is 2. The Morgan fingerprint density at radius 1 is 1.14 bits per heavy atom. The number of hydrogen-bond acceptors (Lipinski definition) is 4. The smallest absolute Gasteiger partial charge is 0.348 e. The lowest BCUT2D eigenvalue weighted by molar-refractivity contribution is 0.0525. The van der Waals surface area contributed by atoms with Gasteiger partial charge in [0, 0.05) is 13.1 Å². The fraction of sp³-hybridized carbons (Fsp3) is 0.625. The Kier molecular flexibility index (Phi) is 4.29. The zero-order valence-corrected chi connectivity index (χ0v) is 13.2. The molecule has 4 nitrogen and oxygen atoms in total. The summed E-state index contributed by atoms with van der Waals surface area (Å²) in [5, 5.41) is 0. The van der Waals surface area contributed by atoms with Crippen LogP contribution in [0.2, 0.25) is 0 Å². The minimum absolute atomic E-state index is 0.0687. The highest BCUT2D eigenvalue weighted by Crippen LogP contribution is 2.36. The topological polar surface area (TPSA) is 46.6 Å². The average molecular weight is 307 g/mol. The van der Waals surface area contributed by atoms with Gasteiger partial charge >= 0.3 is 5.97 Å². The molecule has 3 rings (SSSR count). The van der Waals surface area contributed by atoms with Crippen LogP contribution >= 0.6 is 11.3 Å². The zero-order chi connectivity index (χ0) is 14.8. The second kappa shape index (κ2) is 6.18. The van der Waals surface area contributed by atoms with Gasteiger partial charge in [-0.05, 0) is 36.8 Å². The molecule has 1 aliphatic heterocycles. The number of hydrogen-bond donors (Lipinski definition) is 0. The van der Waals surface area contributed by atoms with Gasteiger partial charge in [-0.3, -0.25) is 4.79 Å². The number of fused-ring (bicyclic) bond motifs is 1. The average Bonchev–Trinajstić information content (AvgIpc) is 3.03. The SMILES string of the molecule is COC(=O)c1ccc(C(=O)N2CC[C@@H]3CCCC[C@@H]3C2)s1. The van der Waals surface area contributed by atoms with Crippen molar-refractivity contribution in [3.8, 4) is 0 Å². The Morgan fingerprint density at radius 3 is 2.62 bits per heavy atom. The van der Waals surface area contributed by atoms with E-state index < -0.39 is 0 Å². The van der Waals surface area contributed by atoms with Gasteiger partial charge in [0.05, 0.1) is 12.0 Å². The largest absolute Gasteiger partial charge is 0.465 e. The molecule has 5 heteroatoms. The molecular weight excluding hydrogens is 286 g/mol. The quantitative estimate of drug-likeness (QED) is 0.788. The van der Waals surface area contributed by atoms with E-state index in [9.17, 15) is 9.59 Å². The van der Waals surface area contributed by atoms with Crippen molar-refractivity contribution in [3.63, 3.8) is 0 Å². The first-order chi connectivity index (χ1) is 10.2. The summed E-state index contributed by atoms with van der Waals surface area (Å²) in [5.74, 6) is 1.19. The molecule has 21 heavy (non-hydrogen) atoms. The molecule has 0 N–H and O–H groups in total. The highest BCUT2D eigenvalue weighted by molar-refractivity contribution is 7.15. The number of amides is 1. The van der Waals surface area contributed by atoms with Crippen molar-refractivity contribution in [2.75, 3.05) is 20.2 Å². The Balaban J connectivity index is 1.67. The van der Waals surface area contributed by atoms with E-state index in [-0.39, 0.29) is 11.9 Å². The zero-order valence-electron chi connectivity index (χ0n) is 12.3. The fourth-order valence-corrected chi connectivity index (χ4v) is 4.50. The van der Waals surface area contributed by atoms with E-state index in [0.717, 1.165) is 25.4 Å². The van der Waals surface area contributed by atoms with Crippen LogP contribution in [0.1, 0.15) is 51.4 Å². The molecule has 1 saturated carbocycles. The van der Waals surface area contributed by atoms with Crippen LogP contribution in [-0.4, -0.2) is 37.0 Å². The maximum absolute atomic E-state index is 12.6. The van der Waals surface area contributed by atoms with E-state index in [1.807, 2.05) is 4.90 Å². The van der Waals surface area contributed by atoms with E-state index in [1.54, 1.807) is 12.1 Å². The molecule has 2 fully saturated rings. The third-order valence-corrected chi connectivity index (χ3v) is 5.84. The second-order valence-electron chi connectivity index (χ2n) is 6.00. The number of ether oxygens (including phenoxy) is 1. The molecule has 2 heterocycles.